The van der Waals surface area contributed by atoms with Crippen molar-refractivity contribution in [3.05, 3.63) is 53.1 Å². The molecule has 0 saturated heterocycles. The van der Waals surface area contributed by atoms with E-state index in [4.69, 9.17) is 16.3 Å². The number of methoxy groups -OCH3 is 1. The van der Waals surface area contributed by atoms with E-state index in [1.807, 2.05) is 18.2 Å². The molecule has 0 N–H and O–H groups in total. The van der Waals surface area contributed by atoms with Gasteiger partial charge in [0.05, 0.1) is 12.1 Å². The Kier molecular flexibility index (Phi) is 241. The van der Waals surface area contributed by atoms with E-state index < -0.39 is 0 Å². The van der Waals surface area contributed by atoms with Crippen LogP contribution >= 0.6 is 260 Å². The maximum absolute atomic E-state index is 6.09. The van der Waals surface area contributed by atoms with Gasteiger partial charge in [-0.05, 0) is 49.3 Å². The van der Waals surface area contributed by atoms with Gasteiger partial charge >= 0.3 is 0 Å². The number of likely N-dealkylation sites (N-methyl/N-ethyl adjacent to an activating group) is 1. The fourth-order valence-electron chi connectivity index (χ4n) is 2.19. The number of rotatable bonds is 5. The third-order valence-electron chi connectivity index (χ3n) is 3.31. The van der Waals surface area contributed by atoms with Gasteiger partial charge in [0.25, 0.3) is 0 Å². The van der Waals surface area contributed by atoms with E-state index >= 15 is 0 Å². The van der Waals surface area contributed by atoms with Gasteiger partial charge in [-0.25, -0.2) is 0 Å². The van der Waals surface area contributed by atoms with E-state index in [0.29, 0.717) is 10.8 Å². The highest BCUT2D eigenvalue weighted by Crippen LogP contribution is 2.32. The summed E-state index contributed by atoms with van der Waals surface area (Å²) in [6.07, 6.45) is 1.02. The molecule has 0 aliphatic carbocycles. The molecule has 0 fully saturated rings. The second-order valence-corrected chi connectivity index (χ2v) is 5.47. The lowest BCUT2D eigenvalue weighted by atomic mass is 9.97. The lowest BCUT2D eigenvalue weighted by molar-refractivity contribution is 0.413. The van der Waals surface area contributed by atoms with Gasteiger partial charge in [0.1, 0.15) is 5.75 Å². The van der Waals surface area contributed by atoms with Crippen LogP contribution in [0.25, 0.3) is 11.1 Å². The van der Waals surface area contributed by atoms with Gasteiger partial charge in [-0.15, -0.1) is 248 Å². The minimum atomic E-state index is 0. The second-order valence-electron chi connectivity index (χ2n) is 5.06. The Morgan fingerprint density at radius 2 is 0.950 bits per heavy atom. The van der Waals surface area contributed by atoms with E-state index in [0.717, 1.165) is 18.5 Å². The Balaban J connectivity index is -0.0000000130. The van der Waals surface area contributed by atoms with Gasteiger partial charge in [-0.1, -0.05) is 41.9 Å². The Labute approximate surface area is 369 Å². The van der Waals surface area contributed by atoms with Gasteiger partial charge in [-0.3, -0.25) is 0 Å². The summed E-state index contributed by atoms with van der Waals surface area (Å²) in [4.78, 5) is 2.19. The van der Waals surface area contributed by atoms with Crippen molar-refractivity contribution in [2.75, 3.05) is 27.7 Å². The summed E-state index contributed by atoms with van der Waals surface area (Å²) in [5.41, 5.74) is 3.72. The molecule has 2 aromatic carbocycles. The Morgan fingerprint density at radius 3 is 1.30 bits per heavy atom. The number of ether oxygens (including phenoxy) is 1. The van der Waals surface area contributed by atoms with Crippen molar-refractivity contribution >= 4 is 260 Å². The molecule has 0 amide bonds. The van der Waals surface area contributed by atoms with E-state index in [1.165, 1.54) is 11.1 Å². The zero-order valence-corrected chi connectivity index (χ0v) is 37.4. The molecule has 0 aromatic heterocycles. The molecule has 23 heteroatoms. The molecular weight excluding hydrogens is 979 g/mol. The van der Waals surface area contributed by atoms with Crippen LogP contribution in [0.2, 0.25) is 5.02 Å². The second kappa shape index (κ2) is 74.3. The highest BCUT2D eigenvalue weighted by Gasteiger charge is 2.08. The third kappa shape index (κ3) is 46.7. The summed E-state index contributed by atoms with van der Waals surface area (Å²) in [6.45, 7) is 1.03. The van der Waals surface area contributed by atoms with Crippen LogP contribution in [0.1, 0.15) is 5.56 Å². The maximum atomic E-state index is 6.09. The number of hydrogen-bond donors (Lipinski definition) is 0. The van der Waals surface area contributed by atoms with Crippen LogP contribution in [0.3, 0.4) is 0 Å². The lowest BCUT2D eigenvalue weighted by Gasteiger charge is -2.14. The SMILES string of the molecule is COc1cc(-c2ccccc2CCN(C)C)ccc1Cl.Cl.Cl.Cl.Cl.Cl.Cl.Cl.Cl.Cl.Cl.Cl.Cl.Cl.Cl.Cl.Cl.Cl.Cl.Cl.Cl. The summed E-state index contributed by atoms with van der Waals surface area (Å²) < 4.78 is 5.31. The topological polar surface area (TPSA) is 12.5 Å². The molecule has 0 radical (unpaired) electrons. The molecule has 0 unspecified atom stereocenters. The van der Waals surface area contributed by atoms with Crippen LogP contribution in [0.15, 0.2) is 42.5 Å². The van der Waals surface area contributed by atoms with Crippen LogP contribution in [-0.2, 0) is 6.42 Å². The van der Waals surface area contributed by atoms with Gasteiger partial charge in [0.2, 0.25) is 0 Å². The van der Waals surface area contributed by atoms with Crippen LogP contribution in [0, 0.1) is 0 Å². The quantitative estimate of drug-likeness (QED) is 0.296. The minimum absolute atomic E-state index is 0. The molecule has 0 heterocycles. The molecule has 0 atom stereocenters. The van der Waals surface area contributed by atoms with Crippen molar-refractivity contribution in [2.45, 2.75) is 6.42 Å². The first-order chi connectivity index (χ1) is 9.61. The van der Waals surface area contributed by atoms with Crippen molar-refractivity contribution in [3.63, 3.8) is 0 Å². The standard InChI is InChI=1S/C17H20ClNO.20ClH/c1-19(2)11-10-13-6-4-5-7-15(13)14-8-9-16(18)17(12-14)20-3;;;;;;;;;;;;;;;;;;;;/h4-9,12H,10-11H2,1-3H3;20*1H. The molecule has 2 rings (SSSR count). The third-order valence-corrected chi connectivity index (χ3v) is 3.62. The van der Waals surface area contributed by atoms with Crippen molar-refractivity contribution in [2.24, 2.45) is 0 Å². The van der Waals surface area contributed by atoms with Crippen LogP contribution < -0.4 is 4.74 Å². The van der Waals surface area contributed by atoms with E-state index in [1.54, 1.807) is 7.11 Å². The first kappa shape index (κ1) is 130. The van der Waals surface area contributed by atoms with Crippen molar-refractivity contribution in [1.82, 2.24) is 4.90 Å². The summed E-state index contributed by atoms with van der Waals surface area (Å²) in [6, 6.07) is 14.4. The average Bonchev–Trinajstić information content (AvgIpc) is 2.46. The van der Waals surface area contributed by atoms with Gasteiger partial charge < -0.3 is 9.64 Å². The summed E-state index contributed by atoms with van der Waals surface area (Å²) in [5.74, 6) is 0.714. The molecular formula is C17H40Cl21NO. The zero-order valence-electron chi connectivity index (χ0n) is 20.4. The van der Waals surface area contributed by atoms with Gasteiger partial charge in [-0.2, -0.15) is 0 Å². The molecule has 0 aliphatic rings. The van der Waals surface area contributed by atoms with Crippen molar-refractivity contribution < 1.29 is 4.74 Å². The normalized spacial score (nSPS) is 5.42. The van der Waals surface area contributed by atoms with Crippen molar-refractivity contribution in [1.29, 1.82) is 0 Å². The Morgan fingerprint density at radius 1 is 0.575 bits per heavy atom. The fraction of sp³-hybridized carbons (Fsp3) is 0.294. The Bertz CT molecular complexity index is 615. The number of nitrogens with zero attached hydrogens (tertiary/aromatic N) is 1. The highest BCUT2D eigenvalue weighted by atomic mass is 35.5. The molecule has 0 saturated carbocycles. The molecule has 266 valence electrons. The zero-order chi connectivity index (χ0) is 14.5. The van der Waals surface area contributed by atoms with Crippen LogP contribution in [0.5, 0.6) is 5.75 Å². The number of hydrogen-bond acceptors (Lipinski definition) is 2. The van der Waals surface area contributed by atoms with E-state index in [2.05, 4.69) is 43.3 Å². The summed E-state index contributed by atoms with van der Waals surface area (Å²) >= 11 is 6.09. The average molecular weight is 1020 g/mol. The first-order valence-corrected chi connectivity index (χ1v) is 7.06. The lowest BCUT2D eigenvalue weighted by Crippen LogP contribution is -2.15. The fourth-order valence-corrected chi connectivity index (χ4v) is 2.39. The molecule has 0 aliphatic heterocycles. The predicted molar refractivity (Wildman–Crippen MR) is 231 cm³/mol. The minimum Gasteiger partial charge on any atom is -0.495 e. The molecule has 0 spiro atoms. The molecule has 2 nitrogen and oxygen atoms in total. The highest BCUT2D eigenvalue weighted by molar-refractivity contribution is 6.32. The van der Waals surface area contributed by atoms with Crippen LogP contribution in [-0.4, -0.2) is 32.6 Å². The van der Waals surface area contributed by atoms with Crippen molar-refractivity contribution in [3.8, 4) is 16.9 Å². The summed E-state index contributed by atoms with van der Waals surface area (Å²) in [5, 5.41) is 0.641. The number of benzene rings is 2. The van der Waals surface area contributed by atoms with Crippen LogP contribution in [0.4, 0.5) is 0 Å². The van der Waals surface area contributed by atoms with Gasteiger partial charge in [0.15, 0.2) is 0 Å². The van der Waals surface area contributed by atoms with E-state index in [9.17, 15) is 0 Å². The first-order valence-electron chi connectivity index (χ1n) is 6.68. The summed E-state index contributed by atoms with van der Waals surface area (Å²) in [7, 11) is 5.82. The smallest absolute Gasteiger partial charge is 0.138 e. The predicted octanol–water partition coefficient (Wildman–Crippen LogP) is 12.6. The molecule has 2 aromatic rings. The van der Waals surface area contributed by atoms with E-state index in [-0.39, 0.29) is 248 Å². The van der Waals surface area contributed by atoms with Gasteiger partial charge in [0, 0.05) is 6.54 Å². The largest absolute Gasteiger partial charge is 0.495 e. The molecule has 0 bridgehead atoms. The number of halogens is 21. The monoisotopic (exact) mass is 1010 g/mol. The molecule has 40 heavy (non-hydrogen) atoms. The Hall–Kier alpha value is 4.29. The maximum Gasteiger partial charge on any atom is 0.138 e.